The maximum Gasteiger partial charge on any atom is 0.0813 e. The molecule has 0 unspecified atom stereocenters. The van der Waals surface area contributed by atoms with Crippen LogP contribution in [0.15, 0.2) is 0 Å². The van der Waals surface area contributed by atoms with Gasteiger partial charge in [0.05, 0.1) is 53.4 Å². The van der Waals surface area contributed by atoms with Gasteiger partial charge in [0.2, 0.25) is 0 Å². The van der Waals surface area contributed by atoms with E-state index >= 15 is 0 Å². The Morgan fingerprint density at radius 1 is 0.600 bits per heavy atom. The molecule has 1 saturated carbocycles. The summed E-state index contributed by atoms with van der Waals surface area (Å²) in [5.41, 5.74) is 0. The van der Waals surface area contributed by atoms with Crippen LogP contribution in [-0.2, 0) is 0 Å². The number of nitrogens with zero attached hydrogens (tertiary/aromatic N) is 2. The van der Waals surface area contributed by atoms with Crippen LogP contribution in [0, 0.1) is 11.8 Å². The molecule has 2 heterocycles. The van der Waals surface area contributed by atoms with Gasteiger partial charge in [0.15, 0.2) is 0 Å². The average molecular weight is 280 g/mol. The van der Waals surface area contributed by atoms with E-state index in [4.69, 9.17) is 0 Å². The predicted molar refractivity (Wildman–Crippen MR) is 85.5 cm³/mol. The minimum absolute atomic E-state index is 1.04. The summed E-state index contributed by atoms with van der Waals surface area (Å²) < 4.78 is 2.78. The van der Waals surface area contributed by atoms with E-state index in [2.05, 4.69) is 14.1 Å². The second kappa shape index (κ2) is 5.96. The molecular formula is C18H36N2+2. The molecule has 0 atom stereocenters. The lowest BCUT2D eigenvalue weighted by Gasteiger charge is -2.39. The summed E-state index contributed by atoms with van der Waals surface area (Å²) in [7, 11) is 5.02. The molecule has 0 bridgehead atoms. The highest BCUT2D eigenvalue weighted by atomic mass is 15.3. The van der Waals surface area contributed by atoms with Crippen LogP contribution in [-0.4, -0.2) is 62.3 Å². The summed E-state index contributed by atoms with van der Waals surface area (Å²) >= 11 is 0. The molecular weight excluding hydrogens is 244 g/mol. The quantitative estimate of drug-likeness (QED) is 0.693. The Hall–Kier alpha value is -0.0800. The van der Waals surface area contributed by atoms with Gasteiger partial charge >= 0.3 is 0 Å². The molecule has 2 nitrogen and oxygen atoms in total. The van der Waals surface area contributed by atoms with E-state index in [1.807, 2.05) is 0 Å². The number of rotatable bonds is 4. The topological polar surface area (TPSA) is 0 Å². The van der Waals surface area contributed by atoms with Crippen molar-refractivity contribution in [2.24, 2.45) is 11.8 Å². The van der Waals surface area contributed by atoms with Crippen molar-refractivity contribution >= 4 is 0 Å². The number of hydrogen-bond acceptors (Lipinski definition) is 0. The van der Waals surface area contributed by atoms with E-state index in [0.29, 0.717) is 0 Å². The van der Waals surface area contributed by atoms with Gasteiger partial charge in [0.25, 0.3) is 0 Å². The lowest BCUT2D eigenvalue weighted by atomic mass is 9.81. The van der Waals surface area contributed by atoms with Crippen LogP contribution in [0.3, 0.4) is 0 Å². The van der Waals surface area contributed by atoms with Crippen molar-refractivity contribution in [3.05, 3.63) is 0 Å². The van der Waals surface area contributed by atoms with Crippen molar-refractivity contribution in [2.75, 3.05) is 53.4 Å². The maximum atomic E-state index is 2.51. The standard InChI is InChI=1S/C18H36N2/c1-19(11-3-4-12-19)15-17-7-9-18(10-8-17)16-20(2)13-5-6-14-20/h17-18H,3-16H2,1-2H3/q+2. The molecule has 3 fully saturated rings. The van der Waals surface area contributed by atoms with Crippen LogP contribution < -0.4 is 0 Å². The fourth-order valence-electron chi connectivity index (χ4n) is 5.41. The third kappa shape index (κ3) is 3.57. The Labute approximate surface area is 126 Å². The van der Waals surface area contributed by atoms with Crippen molar-refractivity contribution in [1.82, 2.24) is 0 Å². The summed E-state index contributed by atoms with van der Waals surface area (Å²) in [5.74, 6) is 2.08. The SMILES string of the molecule is C[N+]1(CC2CCC(C[N+]3(C)CCCC3)CC2)CCCC1. The van der Waals surface area contributed by atoms with E-state index in [1.54, 1.807) is 0 Å². The second-order valence-corrected chi connectivity index (χ2v) is 8.80. The Morgan fingerprint density at radius 2 is 0.900 bits per heavy atom. The van der Waals surface area contributed by atoms with Crippen LogP contribution in [0.25, 0.3) is 0 Å². The second-order valence-electron chi connectivity index (χ2n) is 8.80. The molecule has 20 heavy (non-hydrogen) atoms. The lowest BCUT2D eigenvalue weighted by Crippen LogP contribution is -2.47. The molecule has 2 heteroatoms. The van der Waals surface area contributed by atoms with E-state index in [0.717, 1.165) is 11.8 Å². The molecule has 116 valence electrons. The van der Waals surface area contributed by atoms with Crippen LogP contribution in [0.4, 0.5) is 0 Å². The van der Waals surface area contributed by atoms with Crippen LogP contribution in [0.2, 0.25) is 0 Å². The summed E-state index contributed by atoms with van der Waals surface area (Å²) in [6.45, 7) is 8.78. The first-order valence-corrected chi connectivity index (χ1v) is 9.24. The van der Waals surface area contributed by atoms with Gasteiger partial charge in [0.1, 0.15) is 0 Å². The Bertz CT molecular complexity index is 273. The first kappa shape index (κ1) is 14.8. The van der Waals surface area contributed by atoms with Gasteiger partial charge < -0.3 is 8.97 Å². The normalized spacial score (nSPS) is 36.3. The molecule has 2 aliphatic heterocycles. The molecule has 0 radical (unpaired) electrons. The third-order valence-corrected chi connectivity index (χ3v) is 6.66. The Morgan fingerprint density at radius 3 is 1.20 bits per heavy atom. The Kier molecular flexibility index (Phi) is 4.42. The van der Waals surface area contributed by atoms with Gasteiger partial charge in [-0.1, -0.05) is 0 Å². The van der Waals surface area contributed by atoms with Gasteiger partial charge in [-0.2, -0.15) is 0 Å². The van der Waals surface area contributed by atoms with Crippen molar-refractivity contribution in [2.45, 2.75) is 51.4 Å². The first-order valence-electron chi connectivity index (χ1n) is 9.24. The molecule has 0 N–H and O–H groups in total. The van der Waals surface area contributed by atoms with E-state index in [-0.39, 0.29) is 0 Å². The third-order valence-electron chi connectivity index (χ3n) is 6.66. The largest absolute Gasteiger partial charge is 0.326 e. The monoisotopic (exact) mass is 280 g/mol. The average Bonchev–Trinajstić information content (AvgIpc) is 3.02. The molecule has 0 aromatic rings. The van der Waals surface area contributed by atoms with Crippen LogP contribution in [0.5, 0.6) is 0 Å². The van der Waals surface area contributed by atoms with Gasteiger partial charge in [-0.15, -0.1) is 0 Å². The molecule has 3 rings (SSSR count). The lowest BCUT2D eigenvalue weighted by molar-refractivity contribution is -0.902. The van der Waals surface area contributed by atoms with Gasteiger partial charge in [-0.25, -0.2) is 0 Å². The maximum absolute atomic E-state index is 2.51. The molecule has 0 spiro atoms. The van der Waals surface area contributed by atoms with Crippen molar-refractivity contribution < 1.29 is 8.97 Å². The van der Waals surface area contributed by atoms with Crippen LogP contribution in [0.1, 0.15) is 51.4 Å². The van der Waals surface area contributed by atoms with E-state index in [9.17, 15) is 0 Å². The molecule has 0 aromatic carbocycles. The number of likely N-dealkylation sites (tertiary alicyclic amines) is 2. The van der Waals surface area contributed by atoms with Crippen molar-refractivity contribution in [3.8, 4) is 0 Å². The van der Waals surface area contributed by atoms with E-state index < -0.39 is 0 Å². The van der Waals surface area contributed by atoms with Crippen molar-refractivity contribution in [1.29, 1.82) is 0 Å². The van der Waals surface area contributed by atoms with Gasteiger partial charge in [0, 0.05) is 37.5 Å². The molecule has 2 saturated heterocycles. The zero-order chi connectivity index (χ0) is 14.1. The van der Waals surface area contributed by atoms with Gasteiger partial charge in [-0.05, 0) is 25.7 Å². The minimum Gasteiger partial charge on any atom is -0.326 e. The highest BCUT2D eigenvalue weighted by Crippen LogP contribution is 2.34. The molecule has 1 aliphatic carbocycles. The number of quaternary nitrogens is 2. The molecule has 0 aromatic heterocycles. The van der Waals surface area contributed by atoms with E-state index in [1.165, 1.54) is 99.6 Å². The predicted octanol–water partition coefficient (Wildman–Crippen LogP) is 3.27. The minimum atomic E-state index is 1.04. The van der Waals surface area contributed by atoms with Crippen LogP contribution >= 0.6 is 0 Å². The zero-order valence-electron chi connectivity index (χ0n) is 13.9. The highest BCUT2D eigenvalue weighted by Gasteiger charge is 2.35. The molecule has 3 aliphatic rings. The fraction of sp³-hybridized carbons (Fsp3) is 1.00. The first-order chi connectivity index (χ1) is 9.57. The highest BCUT2D eigenvalue weighted by molar-refractivity contribution is 4.74. The zero-order valence-corrected chi connectivity index (χ0v) is 13.9. The molecule has 0 amide bonds. The van der Waals surface area contributed by atoms with Crippen molar-refractivity contribution in [3.63, 3.8) is 0 Å². The van der Waals surface area contributed by atoms with Gasteiger partial charge in [-0.3, -0.25) is 0 Å². The smallest absolute Gasteiger partial charge is 0.0813 e. The number of hydrogen-bond donors (Lipinski definition) is 0. The summed E-state index contributed by atoms with van der Waals surface area (Å²) in [6, 6.07) is 0. The summed E-state index contributed by atoms with van der Waals surface area (Å²) in [5, 5.41) is 0. The Balaban J connectivity index is 1.42. The fourth-order valence-corrected chi connectivity index (χ4v) is 5.41. The summed E-state index contributed by atoms with van der Waals surface area (Å²) in [4.78, 5) is 0. The summed E-state index contributed by atoms with van der Waals surface area (Å²) in [6.07, 6.45) is 12.0.